The number of esters is 1. The summed E-state index contributed by atoms with van der Waals surface area (Å²) in [5.41, 5.74) is 2.93. The third kappa shape index (κ3) is 9.33. The molecule has 3 amide bonds. The number of nitrogens with one attached hydrogen (secondary N) is 3. The van der Waals surface area contributed by atoms with E-state index in [1.165, 1.54) is 44.4 Å². The van der Waals surface area contributed by atoms with Gasteiger partial charge in [0.1, 0.15) is 10.7 Å². The number of carbonyl (C=O) groups is 4. The van der Waals surface area contributed by atoms with E-state index in [0.29, 0.717) is 38.9 Å². The Morgan fingerprint density at radius 3 is 2.32 bits per heavy atom. The fourth-order valence-electron chi connectivity index (χ4n) is 5.55. The maximum Gasteiger partial charge on any atom is 0.341 e. The minimum atomic E-state index is -0.549. The molecule has 4 aromatic rings. The van der Waals surface area contributed by atoms with Crippen molar-refractivity contribution in [3.05, 3.63) is 106 Å². The molecule has 260 valence electrons. The molecule has 0 unspecified atom stereocenters. The number of amides is 3. The first kappa shape index (κ1) is 36.2. The summed E-state index contributed by atoms with van der Waals surface area (Å²) >= 11 is 2.75. The van der Waals surface area contributed by atoms with Crippen molar-refractivity contribution >= 4 is 63.6 Å². The van der Waals surface area contributed by atoms with Crippen molar-refractivity contribution in [3.63, 3.8) is 0 Å². The molecule has 50 heavy (non-hydrogen) atoms. The predicted octanol–water partition coefficient (Wildman–Crippen LogP) is 7.35. The number of thiophene rings is 1. The average molecular weight is 714 g/mol. The van der Waals surface area contributed by atoms with Gasteiger partial charge in [0.25, 0.3) is 11.8 Å². The molecule has 5 rings (SSSR count). The minimum Gasteiger partial charge on any atom is -0.493 e. The molecular formula is C38H39N3O7S2. The fraction of sp³-hybridized carbons (Fsp3) is 0.263. The number of rotatable bonds is 12. The highest BCUT2D eigenvalue weighted by Crippen LogP contribution is 2.38. The summed E-state index contributed by atoms with van der Waals surface area (Å²) in [5, 5.41) is 9.08. The summed E-state index contributed by atoms with van der Waals surface area (Å²) in [6.45, 7) is 0. The Hall–Kier alpha value is -5.07. The van der Waals surface area contributed by atoms with E-state index in [4.69, 9.17) is 14.2 Å². The Morgan fingerprint density at radius 1 is 0.820 bits per heavy atom. The van der Waals surface area contributed by atoms with Gasteiger partial charge in [0.15, 0.2) is 11.5 Å². The van der Waals surface area contributed by atoms with Gasteiger partial charge in [0.2, 0.25) is 5.91 Å². The lowest BCUT2D eigenvalue weighted by atomic mass is 9.96. The SMILES string of the molecule is COC(=O)c1c(NC(=O)CSc2cccc(NC(=O)/C(=C\c3ccc(OC)c(OC)c3)NC(=O)c3ccccc3)c2)sc2c1CCCCCC2. The smallest absolute Gasteiger partial charge is 0.341 e. The van der Waals surface area contributed by atoms with Gasteiger partial charge in [-0.15, -0.1) is 23.1 Å². The number of ether oxygens (including phenoxy) is 3. The Balaban J connectivity index is 1.29. The van der Waals surface area contributed by atoms with Gasteiger partial charge in [-0.25, -0.2) is 4.79 Å². The maximum absolute atomic E-state index is 13.6. The molecule has 3 N–H and O–H groups in total. The number of anilines is 2. The molecule has 0 saturated carbocycles. The highest BCUT2D eigenvalue weighted by Gasteiger charge is 2.26. The zero-order valence-electron chi connectivity index (χ0n) is 28.1. The molecule has 10 nitrogen and oxygen atoms in total. The Kier molecular flexibility index (Phi) is 12.7. The van der Waals surface area contributed by atoms with E-state index in [1.807, 2.05) is 6.07 Å². The lowest BCUT2D eigenvalue weighted by molar-refractivity contribution is -0.114. The molecule has 3 aromatic carbocycles. The van der Waals surface area contributed by atoms with Crippen LogP contribution in [0.4, 0.5) is 10.7 Å². The first-order valence-electron chi connectivity index (χ1n) is 16.2. The van der Waals surface area contributed by atoms with Crippen LogP contribution in [0.3, 0.4) is 0 Å². The zero-order chi connectivity index (χ0) is 35.5. The van der Waals surface area contributed by atoms with Crippen molar-refractivity contribution in [1.82, 2.24) is 5.32 Å². The molecule has 1 aromatic heterocycles. The third-order valence-corrected chi connectivity index (χ3v) is 10.2. The number of fused-ring (bicyclic) bond motifs is 1. The van der Waals surface area contributed by atoms with Crippen molar-refractivity contribution in [2.75, 3.05) is 37.7 Å². The number of methoxy groups -OCH3 is 3. The van der Waals surface area contributed by atoms with Gasteiger partial charge >= 0.3 is 5.97 Å². The largest absolute Gasteiger partial charge is 0.493 e. The lowest BCUT2D eigenvalue weighted by Crippen LogP contribution is -2.30. The van der Waals surface area contributed by atoms with E-state index in [1.54, 1.807) is 72.8 Å². The van der Waals surface area contributed by atoms with Gasteiger partial charge in [-0.3, -0.25) is 14.4 Å². The van der Waals surface area contributed by atoms with E-state index in [-0.39, 0.29) is 17.4 Å². The van der Waals surface area contributed by atoms with Gasteiger partial charge in [0, 0.05) is 21.0 Å². The minimum absolute atomic E-state index is 0.00923. The number of benzene rings is 3. The van der Waals surface area contributed by atoms with E-state index in [9.17, 15) is 19.2 Å². The summed E-state index contributed by atoms with van der Waals surface area (Å²) in [4.78, 5) is 54.4. The van der Waals surface area contributed by atoms with Gasteiger partial charge in [-0.2, -0.15) is 0 Å². The van der Waals surface area contributed by atoms with Gasteiger partial charge in [-0.05, 0) is 85.4 Å². The van der Waals surface area contributed by atoms with Crippen molar-refractivity contribution < 1.29 is 33.4 Å². The van der Waals surface area contributed by atoms with E-state index in [0.717, 1.165) is 53.9 Å². The molecule has 1 heterocycles. The van der Waals surface area contributed by atoms with Gasteiger partial charge in [-0.1, -0.05) is 43.2 Å². The molecule has 0 fully saturated rings. The van der Waals surface area contributed by atoms with Crippen molar-refractivity contribution in [2.45, 2.75) is 43.4 Å². The fourth-order valence-corrected chi connectivity index (χ4v) is 7.60. The van der Waals surface area contributed by atoms with Crippen molar-refractivity contribution in [1.29, 1.82) is 0 Å². The van der Waals surface area contributed by atoms with Crippen LogP contribution < -0.4 is 25.4 Å². The molecule has 12 heteroatoms. The summed E-state index contributed by atoms with van der Waals surface area (Å²) < 4.78 is 15.8. The van der Waals surface area contributed by atoms with E-state index < -0.39 is 17.8 Å². The third-order valence-electron chi connectivity index (χ3n) is 8.02. The molecule has 1 aliphatic rings. The molecule has 0 atom stereocenters. The van der Waals surface area contributed by atoms with Gasteiger partial charge < -0.3 is 30.2 Å². The number of carbonyl (C=O) groups excluding carboxylic acids is 4. The van der Waals surface area contributed by atoms with Crippen LogP contribution >= 0.6 is 23.1 Å². The van der Waals surface area contributed by atoms with Crippen molar-refractivity contribution in [2.24, 2.45) is 0 Å². The number of aryl methyl sites for hydroxylation is 1. The monoisotopic (exact) mass is 713 g/mol. The number of hydrogen-bond donors (Lipinski definition) is 3. The Bertz CT molecular complexity index is 1890. The normalized spacial score (nSPS) is 12.8. The van der Waals surface area contributed by atoms with E-state index in [2.05, 4.69) is 16.0 Å². The van der Waals surface area contributed by atoms with Crippen LogP contribution in [0.15, 0.2) is 83.4 Å². The molecule has 0 saturated heterocycles. The standard InChI is InChI=1S/C38H39N3O7S2/c1-46-30-19-18-24(21-31(30)47-2)20-29(40-35(43)25-12-7-6-8-13-25)36(44)39-26-14-11-15-27(22-26)49-23-33(42)41-37-34(38(45)48-3)28-16-9-4-5-10-17-32(28)50-37/h6-8,11-15,18-22H,4-5,9-10,16-17,23H2,1-3H3,(H,39,44)(H,40,43)(H,41,42)/b29-20+. The summed E-state index contributed by atoms with van der Waals surface area (Å²) in [5.74, 6) is -0.616. The topological polar surface area (TPSA) is 132 Å². The Labute approximate surface area is 299 Å². The van der Waals surface area contributed by atoms with Crippen LogP contribution in [-0.4, -0.2) is 50.8 Å². The summed E-state index contributed by atoms with van der Waals surface area (Å²) in [6, 6.07) is 20.8. The van der Waals surface area contributed by atoms with Crippen LogP contribution in [0, 0.1) is 0 Å². The highest BCUT2D eigenvalue weighted by atomic mass is 32.2. The maximum atomic E-state index is 13.6. The summed E-state index contributed by atoms with van der Waals surface area (Å²) in [6.07, 6.45) is 7.55. The molecule has 1 aliphatic carbocycles. The molecule has 0 aliphatic heterocycles. The molecule has 0 radical (unpaired) electrons. The molecule has 0 bridgehead atoms. The highest BCUT2D eigenvalue weighted by molar-refractivity contribution is 8.00. The second-order valence-electron chi connectivity index (χ2n) is 11.4. The first-order valence-corrected chi connectivity index (χ1v) is 18.0. The first-order chi connectivity index (χ1) is 24.3. The average Bonchev–Trinajstić information content (AvgIpc) is 3.45. The molecule has 0 spiro atoms. The summed E-state index contributed by atoms with van der Waals surface area (Å²) in [7, 11) is 4.40. The second-order valence-corrected chi connectivity index (χ2v) is 13.6. The zero-order valence-corrected chi connectivity index (χ0v) is 29.8. The van der Waals surface area contributed by atoms with Crippen LogP contribution in [-0.2, 0) is 27.2 Å². The number of hydrogen-bond acceptors (Lipinski definition) is 9. The van der Waals surface area contributed by atoms with Gasteiger partial charge in [0.05, 0.1) is 32.6 Å². The predicted molar refractivity (Wildman–Crippen MR) is 197 cm³/mol. The van der Waals surface area contributed by atoms with Crippen LogP contribution in [0.1, 0.15) is 62.4 Å². The second kappa shape index (κ2) is 17.5. The van der Waals surface area contributed by atoms with Crippen LogP contribution in [0.25, 0.3) is 6.08 Å². The van der Waals surface area contributed by atoms with Crippen LogP contribution in [0.5, 0.6) is 11.5 Å². The van der Waals surface area contributed by atoms with E-state index >= 15 is 0 Å². The lowest BCUT2D eigenvalue weighted by Gasteiger charge is -2.13. The molecular weight excluding hydrogens is 675 g/mol. The van der Waals surface area contributed by atoms with Crippen molar-refractivity contribution in [3.8, 4) is 11.5 Å². The number of thioether (sulfide) groups is 1. The Morgan fingerprint density at radius 2 is 1.58 bits per heavy atom. The quantitative estimate of drug-likeness (QED) is 0.0789. The van der Waals surface area contributed by atoms with Crippen LogP contribution in [0.2, 0.25) is 0 Å².